The summed E-state index contributed by atoms with van der Waals surface area (Å²) in [5.41, 5.74) is 2.81. The quantitative estimate of drug-likeness (QED) is 0.911. The van der Waals surface area contributed by atoms with Crippen LogP contribution in [-0.2, 0) is 24.1 Å². The van der Waals surface area contributed by atoms with Gasteiger partial charge in [0, 0.05) is 19.9 Å². The maximum absolute atomic E-state index is 10.9. The van der Waals surface area contributed by atoms with Crippen LogP contribution in [0, 0.1) is 0 Å². The van der Waals surface area contributed by atoms with E-state index < -0.39 is 0 Å². The largest absolute Gasteiger partial charge is 0.356 e. The first kappa shape index (κ1) is 12.8. The number of hydrogen-bond donors (Lipinski definition) is 1. The molecule has 104 valence electrons. The summed E-state index contributed by atoms with van der Waals surface area (Å²) in [6.07, 6.45) is 4.33. The van der Waals surface area contributed by atoms with Crippen LogP contribution < -0.4 is 5.32 Å². The highest BCUT2D eigenvalue weighted by Crippen LogP contribution is 2.29. The molecule has 0 aliphatic heterocycles. The smallest absolute Gasteiger partial charge is 0.216 e. The molecule has 0 bridgehead atoms. The van der Waals surface area contributed by atoms with E-state index in [2.05, 4.69) is 39.7 Å². The van der Waals surface area contributed by atoms with Crippen molar-refractivity contribution in [3.8, 4) is 0 Å². The second-order valence-corrected chi connectivity index (χ2v) is 5.18. The average Bonchev–Trinajstić information content (AvgIpc) is 3.03. The van der Waals surface area contributed by atoms with Crippen molar-refractivity contribution in [2.45, 2.75) is 32.2 Å². The van der Waals surface area contributed by atoms with Crippen molar-refractivity contribution in [3.05, 3.63) is 47.5 Å². The van der Waals surface area contributed by atoms with Gasteiger partial charge in [0.2, 0.25) is 5.91 Å². The Labute approximate surface area is 118 Å². The SMILES string of the molecule is CC(=O)NCCc1ncnn1C1Cc2ccccc2C1. The molecule has 1 aromatic carbocycles. The summed E-state index contributed by atoms with van der Waals surface area (Å²) in [6, 6.07) is 8.88. The maximum Gasteiger partial charge on any atom is 0.216 e. The maximum atomic E-state index is 10.9. The molecule has 5 nitrogen and oxygen atoms in total. The molecule has 1 aliphatic rings. The molecular formula is C15H18N4O. The van der Waals surface area contributed by atoms with Crippen LogP contribution in [0.25, 0.3) is 0 Å². The van der Waals surface area contributed by atoms with E-state index in [9.17, 15) is 4.79 Å². The zero-order valence-corrected chi connectivity index (χ0v) is 11.5. The van der Waals surface area contributed by atoms with Gasteiger partial charge in [-0.2, -0.15) is 5.10 Å². The number of hydrogen-bond acceptors (Lipinski definition) is 3. The lowest BCUT2D eigenvalue weighted by Crippen LogP contribution is -2.24. The van der Waals surface area contributed by atoms with E-state index in [1.807, 2.05) is 4.68 Å². The minimum absolute atomic E-state index is 0.00987. The number of benzene rings is 1. The fraction of sp³-hybridized carbons (Fsp3) is 0.400. The van der Waals surface area contributed by atoms with Crippen molar-refractivity contribution >= 4 is 5.91 Å². The highest BCUT2D eigenvalue weighted by Gasteiger charge is 2.24. The first-order valence-electron chi connectivity index (χ1n) is 6.93. The molecule has 20 heavy (non-hydrogen) atoms. The van der Waals surface area contributed by atoms with Gasteiger partial charge < -0.3 is 5.32 Å². The molecule has 0 saturated carbocycles. The molecule has 5 heteroatoms. The Bertz CT molecular complexity index is 595. The van der Waals surface area contributed by atoms with Gasteiger partial charge in [0.05, 0.1) is 6.04 Å². The van der Waals surface area contributed by atoms with E-state index >= 15 is 0 Å². The van der Waals surface area contributed by atoms with Crippen LogP contribution in [0.5, 0.6) is 0 Å². The minimum atomic E-state index is -0.00987. The van der Waals surface area contributed by atoms with Crippen molar-refractivity contribution in [1.82, 2.24) is 20.1 Å². The predicted octanol–water partition coefficient (Wildman–Crippen LogP) is 1.30. The number of carbonyl (C=O) groups is 1. The molecule has 0 spiro atoms. The number of amides is 1. The van der Waals surface area contributed by atoms with Gasteiger partial charge in [-0.15, -0.1) is 0 Å². The Morgan fingerprint density at radius 3 is 2.70 bits per heavy atom. The van der Waals surface area contributed by atoms with Crippen LogP contribution >= 0.6 is 0 Å². The summed E-state index contributed by atoms with van der Waals surface area (Å²) in [5.74, 6) is 0.931. The standard InChI is InChI=1S/C15H18N4O/c1-11(20)16-7-6-15-17-10-18-19(15)14-8-12-4-2-3-5-13(12)9-14/h2-5,10,14H,6-9H2,1H3,(H,16,20). The lowest BCUT2D eigenvalue weighted by molar-refractivity contribution is -0.118. The molecule has 0 saturated heterocycles. The van der Waals surface area contributed by atoms with Gasteiger partial charge in [-0.1, -0.05) is 24.3 Å². The van der Waals surface area contributed by atoms with Crippen LogP contribution in [0.4, 0.5) is 0 Å². The van der Waals surface area contributed by atoms with Gasteiger partial charge in [0.15, 0.2) is 0 Å². The van der Waals surface area contributed by atoms with Gasteiger partial charge in [-0.05, 0) is 24.0 Å². The first-order chi connectivity index (χ1) is 9.74. The van der Waals surface area contributed by atoms with E-state index in [1.54, 1.807) is 6.33 Å². The Hall–Kier alpha value is -2.17. The van der Waals surface area contributed by atoms with Crippen molar-refractivity contribution in [3.63, 3.8) is 0 Å². The van der Waals surface area contributed by atoms with E-state index in [4.69, 9.17) is 0 Å². The highest BCUT2D eigenvalue weighted by atomic mass is 16.1. The topological polar surface area (TPSA) is 59.8 Å². The third-order valence-electron chi connectivity index (χ3n) is 3.75. The molecule has 0 radical (unpaired) electrons. The number of nitrogens with one attached hydrogen (secondary N) is 1. The third-order valence-corrected chi connectivity index (χ3v) is 3.75. The first-order valence-corrected chi connectivity index (χ1v) is 6.93. The lowest BCUT2D eigenvalue weighted by atomic mass is 10.1. The minimum Gasteiger partial charge on any atom is -0.356 e. The molecule has 2 aromatic rings. The Morgan fingerprint density at radius 2 is 2.05 bits per heavy atom. The summed E-state index contributed by atoms with van der Waals surface area (Å²) in [6.45, 7) is 2.13. The number of carbonyl (C=O) groups excluding carboxylic acids is 1. The third kappa shape index (κ3) is 2.57. The molecule has 1 amide bonds. The molecule has 3 rings (SSSR count). The molecular weight excluding hydrogens is 252 g/mol. The molecule has 1 aliphatic carbocycles. The van der Waals surface area contributed by atoms with Crippen LogP contribution in [-0.4, -0.2) is 27.2 Å². The summed E-state index contributed by atoms with van der Waals surface area (Å²) < 4.78 is 2.02. The van der Waals surface area contributed by atoms with Gasteiger partial charge >= 0.3 is 0 Å². The number of rotatable bonds is 4. The second kappa shape index (κ2) is 5.45. The van der Waals surface area contributed by atoms with Gasteiger partial charge in [0.25, 0.3) is 0 Å². The summed E-state index contributed by atoms with van der Waals surface area (Å²) >= 11 is 0. The Morgan fingerprint density at radius 1 is 1.35 bits per heavy atom. The molecule has 0 unspecified atom stereocenters. The monoisotopic (exact) mass is 270 g/mol. The molecule has 0 atom stereocenters. The van der Waals surface area contributed by atoms with Crippen LogP contribution in [0.2, 0.25) is 0 Å². The van der Waals surface area contributed by atoms with Crippen LogP contribution in [0.1, 0.15) is 29.9 Å². The van der Waals surface area contributed by atoms with Crippen molar-refractivity contribution in [2.24, 2.45) is 0 Å². The number of nitrogens with zero attached hydrogens (tertiary/aromatic N) is 3. The summed E-state index contributed by atoms with van der Waals surface area (Å²) in [7, 11) is 0. The van der Waals surface area contributed by atoms with Gasteiger partial charge in [0.1, 0.15) is 12.2 Å². The normalized spacial score (nSPS) is 14.2. The fourth-order valence-electron chi connectivity index (χ4n) is 2.82. The summed E-state index contributed by atoms with van der Waals surface area (Å²) in [4.78, 5) is 15.2. The van der Waals surface area contributed by atoms with E-state index in [0.29, 0.717) is 19.0 Å². The average molecular weight is 270 g/mol. The molecule has 0 fully saturated rings. The highest BCUT2D eigenvalue weighted by molar-refractivity contribution is 5.72. The van der Waals surface area contributed by atoms with E-state index in [1.165, 1.54) is 18.1 Å². The number of aromatic nitrogens is 3. The van der Waals surface area contributed by atoms with Gasteiger partial charge in [-0.3, -0.25) is 4.79 Å². The van der Waals surface area contributed by atoms with Crippen molar-refractivity contribution in [2.75, 3.05) is 6.54 Å². The predicted molar refractivity (Wildman–Crippen MR) is 75.3 cm³/mol. The van der Waals surface area contributed by atoms with Crippen LogP contribution in [0.15, 0.2) is 30.6 Å². The van der Waals surface area contributed by atoms with E-state index in [0.717, 1.165) is 18.7 Å². The van der Waals surface area contributed by atoms with E-state index in [-0.39, 0.29) is 5.91 Å². The zero-order chi connectivity index (χ0) is 13.9. The number of fused-ring (bicyclic) bond motifs is 1. The van der Waals surface area contributed by atoms with Crippen LogP contribution in [0.3, 0.4) is 0 Å². The second-order valence-electron chi connectivity index (χ2n) is 5.18. The lowest BCUT2D eigenvalue weighted by Gasteiger charge is -2.13. The molecule has 1 N–H and O–H groups in total. The fourth-order valence-corrected chi connectivity index (χ4v) is 2.82. The molecule has 1 heterocycles. The Balaban J connectivity index is 1.70. The van der Waals surface area contributed by atoms with Crippen molar-refractivity contribution < 1.29 is 4.79 Å². The molecule has 1 aromatic heterocycles. The zero-order valence-electron chi connectivity index (χ0n) is 11.5. The Kier molecular flexibility index (Phi) is 3.50. The summed E-state index contributed by atoms with van der Waals surface area (Å²) in [5, 5.41) is 7.17. The van der Waals surface area contributed by atoms with Gasteiger partial charge in [-0.25, -0.2) is 9.67 Å². The van der Waals surface area contributed by atoms with Crippen molar-refractivity contribution in [1.29, 1.82) is 0 Å².